The second kappa shape index (κ2) is 12.3. The van der Waals surface area contributed by atoms with Gasteiger partial charge in [-0.3, -0.25) is 18.6 Å². The Balaban J connectivity index is 1.58. The number of esters is 1. The van der Waals surface area contributed by atoms with Crippen molar-refractivity contribution in [3.05, 3.63) is 6.33 Å². The van der Waals surface area contributed by atoms with E-state index in [1.807, 2.05) is 4.57 Å². The zero-order valence-corrected chi connectivity index (χ0v) is 22.7. The molecule has 1 aliphatic carbocycles. The molecule has 13 nitrogen and oxygen atoms in total. The molecule has 2 heterocycles. The van der Waals surface area contributed by atoms with E-state index in [1.165, 1.54) is 21.1 Å². The molecule has 0 aromatic carbocycles. The maximum Gasteiger partial charge on any atom is 0.406 e. The number of nitrogen functional groups attached to an aromatic ring is 1. The average molecular weight is 545 g/mol. The summed E-state index contributed by atoms with van der Waals surface area (Å²) in [6.45, 7) is 5.29. The van der Waals surface area contributed by atoms with Crippen molar-refractivity contribution in [3.63, 3.8) is 0 Å². The number of thioether (sulfide) groups is 1. The van der Waals surface area contributed by atoms with Gasteiger partial charge in [0.1, 0.15) is 6.04 Å². The number of methoxy groups -OCH3 is 2. The van der Waals surface area contributed by atoms with Crippen LogP contribution < -0.4 is 15.6 Å². The number of carbonyl (C=O) groups excluding carboxylic acids is 2. The molecule has 1 aliphatic rings. The van der Waals surface area contributed by atoms with E-state index in [0.29, 0.717) is 22.8 Å². The molecule has 2 aromatic rings. The summed E-state index contributed by atoms with van der Waals surface area (Å²) >= 11 is 1.10. The number of hydrogen-bond acceptors (Lipinski definition) is 12. The number of nitrogens with one attached hydrogen (secondary N) is 1. The molecule has 0 amide bonds. The van der Waals surface area contributed by atoms with Crippen LogP contribution >= 0.6 is 19.5 Å². The number of ether oxygens (including phenoxy) is 2. The van der Waals surface area contributed by atoms with Crippen molar-refractivity contribution in [2.45, 2.75) is 45.7 Å². The zero-order chi connectivity index (χ0) is 26.5. The summed E-state index contributed by atoms with van der Waals surface area (Å²) in [4.78, 5) is 36.3. The maximum atomic E-state index is 13.3. The van der Waals surface area contributed by atoms with Gasteiger partial charge in [-0.15, -0.1) is 0 Å². The van der Waals surface area contributed by atoms with Gasteiger partial charge in [-0.25, -0.2) is 14.6 Å². The Bertz CT molecular complexity index is 1120. The summed E-state index contributed by atoms with van der Waals surface area (Å²) in [5, 5.41) is 2.64. The first-order chi connectivity index (χ1) is 17.1. The Morgan fingerprint density at radius 2 is 1.97 bits per heavy atom. The summed E-state index contributed by atoms with van der Waals surface area (Å²) in [6.07, 6.45) is 3.12. The second-order valence-electron chi connectivity index (χ2n) is 8.73. The predicted molar refractivity (Wildman–Crippen MR) is 134 cm³/mol. The predicted octanol–water partition coefficient (Wildman–Crippen LogP) is 2.58. The Morgan fingerprint density at radius 3 is 2.61 bits per heavy atom. The van der Waals surface area contributed by atoms with E-state index in [4.69, 9.17) is 24.3 Å². The maximum absolute atomic E-state index is 13.3. The van der Waals surface area contributed by atoms with Crippen molar-refractivity contribution in [1.82, 2.24) is 24.6 Å². The highest BCUT2D eigenvalue weighted by atomic mass is 32.2. The van der Waals surface area contributed by atoms with E-state index < -0.39 is 19.8 Å². The lowest BCUT2D eigenvalue weighted by molar-refractivity contribution is -0.142. The number of carbonyl (C=O) groups is 2. The fourth-order valence-electron chi connectivity index (χ4n) is 3.63. The van der Waals surface area contributed by atoms with E-state index in [9.17, 15) is 14.2 Å². The molecular weight excluding hydrogens is 511 g/mol. The van der Waals surface area contributed by atoms with Gasteiger partial charge in [0.15, 0.2) is 16.3 Å². The van der Waals surface area contributed by atoms with Crippen molar-refractivity contribution in [3.8, 4) is 5.88 Å². The molecule has 0 aliphatic heterocycles. The molecule has 2 aromatic heterocycles. The first kappa shape index (κ1) is 28.3. The van der Waals surface area contributed by atoms with Gasteiger partial charge in [0, 0.05) is 17.7 Å². The molecule has 0 spiro atoms. The van der Waals surface area contributed by atoms with Gasteiger partial charge in [0.25, 0.3) is 0 Å². The van der Waals surface area contributed by atoms with Crippen LogP contribution in [-0.2, 0) is 27.9 Å². The number of fused-ring (bicyclic) bond motifs is 1. The molecule has 1 saturated carbocycles. The van der Waals surface area contributed by atoms with Gasteiger partial charge in [-0.2, -0.15) is 9.97 Å². The lowest BCUT2D eigenvalue weighted by atomic mass is 9.81. The van der Waals surface area contributed by atoms with Crippen LogP contribution in [0.2, 0.25) is 0 Å². The smallest absolute Gasteiger partial charge is 0.406 e. The standard InChI is InChI=1S/C21H33N6O7PS/c1-12(2)20(29)36-7-6-33-35(30,26-13(3)19(28)32-5)34-10-14-8-15(9-14)27-11-23-16-17(27)24-21(22)25-18(16)31-4/h11-15H,6-10H2,1-5H3,(H,26,30)(H2,22,24,25)/t13-,14-,15+,35?/m0/s1. The second-order valence-corrected chi connectivity index (χ2v) is 11.6. The number of rotatable bonds is 13. The van der Waals surface area contributed by atoms with Gasteiger partial charge in [-0.1, -0.05) is 25.6 Å². The Labute approximate surface area is 213 Å². The number of imidazole rings is 1. The minimum absolute atomic E-state index is 0.0125. The number of nitrogens with two attached hydrogens (primary N) is 1. The summed E-state index contributed by atoms with van der Waals surface area (Å²) in [5.74, 6) is 0.104. The van der Waals surface area contributed by atoms with E-state index in [-0.39, 0.29) is 42.2 Å². The van der Waals surface area contributed by atoms with E-state index in [1.54, 1.807) is 20.2 Å². The summed E-state index contributed by atoms with van der Waals surface area (Å²) < 4.78 is 36.4. The van der Waals surface area contributed by atoms with Gasteiger partial charge < -0.3 is 19.8 Å². The third-order valence-electron chi connectivity index (χ3n) is 5.65. The van der Waals surface area contributed by atoms with Crippen LogP contribution in [0.5, 0.6) is 5.88 Å². The topological polar surface area (TPSA) is 170 Å². The third kappa shape index (κ3) is 6.94. The molecule has 0 bridgehead atoms. The van der Waals surface area contributed by atoms with E-state index >= 15 is 0 Å². The first-order valence-corrected chi connectivity index (χ1v) is 14.0. The van der Waals surface area contributed by atoms with Gasteiger partial charge in [-0.05, 0) is 25.7 Å². The summed E-state index contributed by atoms with van der Waals surface area (Å²) in [6, 6.07) is -0.805. The molecule has 0 radical (unpaired) electrons. The van der Waals surface area contributed by atoms with Gasteiger partial charge >= 0.3 is 13.7 Å². The van der Waals surface area contributed by atoms with Crippen LogP contribution in [0.4, 0.5) is 5.95 Å². The fourth-order valence-corrected chi connectivity index (χ4v) is 6.00. The van der Waals surface area contributed by atoms with Crippen molar-refractivity contribution in [2.24, 2.45) is 11.8 Å². The highest BCUT2D eigenvalue weighted by Crippen LogP contribution is 2.48. The van der Waals surface area contributed by atoms with Crippen molar-refractivity contribution in [2.75, 3.05) is 38.9 Å². The largest absolute Gasteiger partial charge is 0.479 e. The Kier molecular flexibility index (Phi) is 9.70. The van der Waals surface area contributed by atoms with Crippen LogP contribution in [0.25, 0.3) is 11.2 Å². The molecule has 15 heteroatoms. The minimum atomic E-state index is -3.84. The van der Waals surface area contributed by atoms with Gasteiger partial charge in [0.05, 0.1) is 33.8 Å². The van der Waals surface area contributed by atoms with Crippen LogP contribution in [0.15, 0.2) is 6.33 Å². The molecule has 0 saturated heterocycles. The number of hydrogen-bond donors (Lipinski definition) is 2. The molecule has 2 atom stereocenters. The zero-order valence-electron chi connectivity index (χ0n) is 21.0. The number of nitrogens with zero attached hydrogens (tertiary/aromatic N) is 4. The van der Waals surface area contributed by atoms with Crippen LogP contribution in [0.3, 0.4) is 0 Å². The Hall–Kier alpha value is -2.25. The summed E-state index contributed by atoms with van der Waals surface area (Å²) in [7, 11) is -1.11. The SMILES string of the molecule is COC(=O)[C@H](C)NP(=O)(OCCSC(=O)C(C)C)OC[C@H]1C[C@@H](n2cnc3c(OC)nc(N)nc32)C1. The lowest BCUT2D eigenvalue weighted by Crippen LogP contribution is -2.35. The summed E-state index contributed by atoms with van der Waals surface area (Å²) in [5.41, 5.74) is 6.90. The molecule has 3 N–H and O–H groups in total. The van der Waals surface area contributed by atoms with E-state index in [2.05, 4.69) is 20.0 Å². The van der Waals surface area contributed by atoms with Crippen LogP contribution in [0.1, 0.15) is 39.7 Å². The molecule has 36 heavy (non-hydrogen) atoms. The molecule has 1 fully saturated rings. The van der Waals surface area contributed by atoms with Crippen molar-refractivity contribution < 1.29 is 32.7 Å². The number of aromatic nitrogens is 4. The highest BCUT2D eigenvalue weighted by molar-refractivity contribution is 8.13. The van der Waals surface area contributed by atoms with Gasteiger partial charge in [0.2, 0.25) is 11.8 Å². The number of anilines is 1. The molecule has 200 valence electrons. The molecular formula is C21H33N6O7PS. The Morgan fingerprint density at radius 1 is 1.25 bits per heavy atom. The minimum Gasteiger partial charge on any atom is -0.479 e. The van der Waals surface area contributed by atoms with Crippen molar-refractivity contribution in [1.29, 1.82) is 0 Å². The van der Waals surface area contributed by atoms with Crippen molar-refractivity contribution >= 4 is 47.7 Å². The monoisotopic (exact) mass is 544 g/mol. The first-order valence-electron chi connectivity index (χ1n) is 11.5. The van der Waals surface area contributed by atoms with Crippen LogP contribution in [-0.4, -0.2) is 69.8 Å². The third-order valence-corrected chi connectivity index (χ3v) is 8.49. The highest BCUT2D eigenvalue weighted by Gasteiger charge is 2.36. The average Bonchev–Trinajstić information content (AvgIpc) is 3.22. The molecule has 1 unspecified atom stereocenters. The van der Waals surface area contributed by atoms with E-state index in [0.717, 1.165) is 24.6 Å². The quantitative estimate of drug-likeness (QED) is 0.214. The normalized spacial score (nSPS) is 20.1. The fraction of sp³-hybridized carbons (Fsp3) is 0.667. The molecule has 3 rings (SSSR count). The van der Waals surface area contributed by atoms with Crippen LogP contribution in [0, 0.1) is 11.8 Å². The lowest BCUT2D eigenvalue weighted by Gasteiger charge is -2.36.